The van der Waals surface area contributed by atoms with Crippen molar-refractivity contribution >= 4 is 5.91 Å². The molecule has 0 saturated carbocycles. The number of amides is 1. The van der Waals surface area contributed by atoms with E-state index >= 15 is 0 Å². The summed E-state index contributed by atoms with van der Waals surface area (Å²) in [5.74, 6) is 0.103. The monoisotopic (exact) mass is 353 g/mol. The minimum absolute atomic E-state index is 0.00177. The summed E-state index contributed by atoms with van der Waals surface area (Å²) in [6.45, 7) is 0.430. The van der Waals surface area contributed by atoms with Gasteiger partial charge in [-0.2, -0.15) is 8.78 Å². The van der Waals surface area contributed by atoms with Gasteiger partial charge in [-0.15, -0.1) is 0 Å². The topological polar surface area (TPSA) is 53.6 Å². The molecule has 3 rings (SSSR count). The molecule has 2 heterocycles. The third-order valence-electron chi connectivity index (χ3n) is 5.30. The summed E-state index contributed by atoms with van der Waals surface area (Å²) in [5.41, 5.74) is 0.983. The van der Waals surface area contributed by atoms with E-state index in [1.165, 1.54) is 12.1 Å². The van der Waals surface area contributed by atoms with Crippen LogP contribution in [0.15, 0.2) is 24.3 Å². The van der Waals surface area contributed by atoms with Crippen molar-refractivity contribution in [3.63, 3.8) is 0 Å². The number of halogens is 2. The van der Waals surface area contributed by atoms with Crippen LogP contribution in [0.1, 0.15) is 24.8 Å². The maximum atomic E-state index is 12.6. The normalized spacial score (nSPS) is 23.1. The molecule has 7 heteroatoms. The van der Waals surface area contributed by atoms with Gasteiger partial charge in [-0.3, -0.25) is 9.69 Å². The molecule has 0 unspecified atom stereocenters. The maximum absolute atomic E-state index is 12.6. The molecule has 0 radical (unpaired) electrons. The van der Waals surface area contributed by atoms with Crippen LogP contribution >= 0.6 is 0 Å². The van der Waals surface area contributed by atoms with Crippen molar-refractivity contribution in [1.82, 2.24) is 15.5 Å². The van der Waals surface area contributed by atoms with E-state index in [0.717, 1.165) is 44.5 Å². The van der Waals surface area contributed by atoms with Gasteiger partial charge in [0.05, 0.1) is 6.04 Å². The number of nitrogens with one attached hydrogen (secondary N) is 2. The molecule has 1 aromatic carbocycles. The van der Waals surface area contributed by atoms with E-state index in [2.05, 4.69) is 20.3 Å². The van der Waals surface area contributed by atoms with Gasteiger partial charge >= 0.3 is 6.61 Å². The van der Waals surface area contributed by atoms with Gasteiger partial charge in [-0.05, 0) is 62.5 Å². The highest BCUT2D eigenvalue weighted by Crippen LogP contribution is 2.41. The van der Waals surface area contributed by atoms with Crippen LogP contribution in [0.3, 0.4) is 0 Å². The van der Waals surface area contributed by atoms with Gasteiger partial charge in [0, 0.05) is 13.1 Å². The molecule has 2 saturated heterocycles. The molecule has 5 nitrogen and oxygen atoms in total. The number of likely N-dealkylation sites (tertiary alicyclic amines) is 1. The zero-order valence-electron chi connectivity index (χ0n) is 14.4. The van der Waals surface area contributed by atoms with E-state index in [1.54, 1.807) is 12.1 Å². The van der Waals surface area contributed by atoms with Crippen molar-refractivity contribution in [2.24, 2.45) is 5.41 Å². The molecule has 2 aliphatic heterocycles. The number of carbonyl (C=O) groups is 1. The highest BCUT2D eigenvalue weighted by atomic mass is 19.3. The standard InChI is InChI=1S/C18H25F2N3O2/c1-23-12-18(5-7-21-8-6-18)10-15(23)16(24)22-11-13-3-2-4-14(9-13)25-17(19)20/h2-4,9,15,17,21H,5-8,10-12H2,1H3,(H,22,24)/t15-/m1/s1. The Morgan fingerprint density at radius 2 is 2.20 bits per heavy atom. The summed E-state index contributed by atoms with van der Waals surface area (Å²) in [4.78, 5) is 14.7. The Balaban J connectivity index is 1.56. The largest absolute Gasteiger partial charge is 0.435 e. The second-order valence-electron chi connectivity index (χ2n) is 7.13. The van der Waals surface area contributed by atoms with Crippen molar-refractivity contribution < 1.29 is 18.3 Å². The zero-order chi connectivity index (χ0) is 17.9. The average molecular weight is 353 g/mol. The van der Waals surface area contributed by atoms with E-state index < -0.39 is 6.61 Å². The number of rotatable bonds is 5. The van der Waals surface area contributed by atoms with Crippen molar-refractivity contribution in [2.75, 3.05) is 26.7 Å². The molecule has 1 atom stereocenters. The van der Waals surface area contributed by atoms with E-state index in [9.17, 15) is 13.6 Å². The molecule has 2 fully saturated rings. The lowest BCUT2D eigenvalue weighted by Crippen LogP contribution is -2.41. The highest BCUT2D eigenvalue weighted by molar-refractivity contribution is 5.82. The lowest BCUT2D eigenvalue weighted by molar-refractivity contribution is -0.125. The first-order valence-electron chi connectivity index (χ1n) is 8.70. The first-order chi connectivity index (χ1) is 12.0. The van der Waals surface area contributed by atoms with E-state index in [0.29, 0.717) is 6.54 Å². The Morgan fingerprint density at radius 1 is 1.44 bits per heavy atom. The quantitative estimate of drug-likeness (QED) is 0.850. The van der Waals surface area contributed by atoms with Gasteiger partial charge in [-0.1, -0.05) is 12.1 Å². The van der Waals surface area contributed by atoms with Crippen molar-refractivity contribution in [3.05, 3.63) is 29.8 Å². The fraction of sp³-hybridized carbons (Fsp3) is 0.611. The van der Waals surface area contributed by atoms with Gasteiger partial charge in [0.15, 0.2) is 0 Å². The predicted molar refractivity (Wildman–Crippen MR) is 90.5 cm³/mol. The molecule has 2 N–H and O–H groups in total. The van der Waals surface area contributed by atoms with Crippen LogP contribution in [0, 0.1) is 5.41 Å². The molecule has 1 amide bonds. The average Bonchev–Trinajstić information content (AvgIpc) is 2.89. The minimum atomic E-state index is -2.85. The van der Waals surface area contributed by atoms with Crippen LogP contribution in [0.5, 0.6) is 5.75 Å². The van der Waals surface area contributed by atoms with Crippen LogP contribution in [-0.4, -0.2) is 50.1 Å². The molecule has 138 valence electrons. The van der Waals surface area contributed by atoms with Crippen LogP contribution in [0.25, 0.3) is 0 Å². The molecule has 0 bridgehead atoms. The van der Waals surface area contributed by atoms with Crippen LogP contribution in [0.2, 0.25) is 0 Å². The third-order valence-corrected chi connectivity index (χ3v) is 5.30. The molecular formula is C18H25F2N3O2. The second kappa shape index (κ2) is 7.66. The molecule has 1 aromatic rings. The number of carbonyl (C=O) groups excluding carboxylic acids is 1. The Morgan fingerprint density at radius 3 is 2.92 bits per heavy atom. The summed E-state index contributed by atoms with van der Waals surface area (Å²) in [6.07, 6.45) is 3.09. The number of hydrogen-bond donors (Lipinski definition) is 2. The molecule has 0 aliphatic carbocycles. The van der Waals surface area contributed by atoms with E-state index in [4.69, 9.17) is 0 Å². The molecular weight excluding hydrogens is 328 g/mol. The van der Waals surface area contributed by atoms with Crippen LogP contribution in [-0.2, 0) is 11.3 Å². The summed E-state index contributed by atoms with van der Waals surface area (Å²) in [5, 5.41) is 6.31. The molecule has 0 aromatic heterocycles. The zero-order valence-corrected chi connectivity index (χ0v) is 14.4. The summed E-state index contributed by atoms with van der Waals surface area (Å²) in [6, 6.07) is 6.30. The van der Waals surface area contributed by atoms with Gasteiger partial charge in [0.25, 0.3) is 0 Å². The number of likely N-dealkylation sites (N-methyl/N-ethyl adjacent to an activating group) is 1. The lowest BCUT2D eigenvalue weighted by Gasteiger charge is -2.33. The first-order valence-corrected chi connectivity index (χ1v) is 8.70. The van der Waals surface area contributed by atoms with Crippen LogP contribution < -0.4 is 15.4 Å². The number of nitrogens with zero attached hydrogens (tertiary/aromatic N) is 1. The second-order valence-corrected chi connectivity index (χ2v) is 7.13. The molecule has 1 spiro atoms. The van der Waals surface area contributed by atoms with Gasteiger partial charge in [-0.25, -0.2) is 0 Å². The number of ether oxygens (including phenoxy) is 1. The fourth-order valence-electron chi connectivity index (χ4n) is 4.02. The summed E-state index contributed by atoms with van der Waals surface area (Å²) >= 11 is 0. The summed E-state index contributed by atoms with van der Waals surface area (Å²) < 4.78 is 29.0. The van der Waals surface area contributed by atoms with Gasteiger partial charge < -0.3 is 15.4 Å². The van der Waals surface area contributed by atoms with Crippen molar-refractivity contribution in [2.45, 2.75) is 38.5 Å². The smallest absolute Gasteiger partial charge is 0.387 e. The van der Waals surface area contributed by atoms with Crippen molar-refractivity contribution in [3.8, 4) is 5.75 Å². The Bertz CT molecular complexity index is 606. The highest BCUT2D eigenvalue weighted by Gasteiger charge is 2.45. The van der Waals surface area contributed by atoms with Gasteiger partial charge in [0.2, 0.25) is 5.91 Å². The maximum Gasteiger partial charge on any atom is 0.387 e. The minimum Gasteiger partial charge on any atom is -0.435 e. The van der Waals surface area contributed by atoms with E-state index in [1.807, 2.05) is 7.05 Å². The van der Waals surface area contributed by atoms with E-state index in [-0.39, 0.29) is 23.1 Å². The first kappa shape index (κ1) is 18.1. The Kier molecular flexibility index (Phi) is 5.54. The molecule has 25 heavy (non-hydrogen) atoms. The predicted octanol–water partition coefficient (Wildman–Crippen LogP) is 1.98. The SMILES string of the molecule is CN1CC2(CCNCC2)C[C@@H]1C(=O)NCc1cccc(OC(F)F)c1. The number of piperidine rings is 1. The lowest BCUT2D eigenvalue weighted by atomic mass is 9.77. The number of alkyl halides is 2. The summed E-state index contributed by atoms with van der Waals surface area (Å²) in [7, 11) is 2.00. The number of hydrogen-bond acceptors (Lipinski definition) is 4. The molecule has 2 aliphatic rings. The van der Waals surface area contributed by atoms with Crippen molar-refractivity contribution in [1.29, 1.82) is 0 Å². The fourth-order valence-corrected chi connectivity index (χ4v) is 4.02. The van der Waals surface area contributed by atoms with Crippen LogP contribution in [0.4, 0.5) is 8.78 Å². The Labute approximate surface area is 146 Å². The van der Waals surface area contributed by atoms with Gasteiger partial charge in [0.1, 0.15) is 5.75 Å². The Hall–Kier alpha value is -1.73. The number of benzene rings is 1. The third kappa shape index (κ3) is 4.46.